The molecule has 2 heteroatoms. The maximum absolute atomic E-state index is 4.85. The monoisotopic (exact) mass is 387 g/mol. The van der Waals surface area contributed by atoms with E-state index < -0.39 is 13.3 Å². The van der Waals surface area contributed by atoms with Crippen molar-refractivity contribution in [1.29, 1.82) is 0 Å². The van der Waals surface area contributed by atoms with Gasteiger partial charge in [-0.3, -0.25) is 0 Å². The van der Waals surface area contributed by atoms with E-state index >= 15 is 0 Å². The van der Waals surface area contributed by atoms with Crippen LogP contribution in [-0.2, 0) is 0 Å². The Morgan fingerprint density at radius 2 is 1.52 bits per heavy atom. The third kappa shape index (κ3) is 2.87. The van der Waals surface area contributed by atoms with Gasteiger partial charge in [0.05, 0.1) is 0 Å². The van der Waals surface area contributed by atoms with Crippen LogP contribution in [0.25, 0.3) is 32.8 Å². The number of pyridine rings is 1. The van der Waals surface area contributed by atoms with Crippen molar-refractivity contribution in [2.45, 2.75) is 24.2 Å². The van der Waals surface area contributed by atoms with Crippen molar-refractivity contribution >= 4 is 39.2 Å². The molecular formula is C23H23GeN. The quantitative estimate of drug-likeness (QED) is 0.309. The molecule has 0 aliphatic heterocycles. The van der Waals surface area contributed by atoms with Crippen LogP contribution in [0, 0.1) is 6.92 Å². The van der Waals surface area contributed by atoms with E-state index in [1.165, 1.54) is 37.1 Å². The van der Waals surface area contributed by atoms with Crippen LogP contribution in [0.15, 0.2) is 66.9 Å². The molecule has 3 aromatic carbocycles. The average Bonchev–Trinajstić information content (AvgIpc) is 2.60. The number of benzene rings is 3. The second kappa shape index (κ2) is 5.99. The van der Waals surface area contributed by atoms with Crippen LogP contribution in [-0.4, -0.2) is 18.3 Å². The number of aromatic nitrogens is 1. The summed E-state index contributed by atoms with van der Waals surface area (Å²) in [5.41, 5.74) is 3.68. The Balaban J connectivity index is 1.96. The number of rotatable bonds is 2. The van der Waals surface area contributed by atoms with Crippen LogP contribution in [0.4, 0.5) is 0 Å². The zero-order valence-electron chi connectivity index (χ0n) is 15.3. The van der Waals surface area contributed by atoms with Gasteiger partial charge in [0.15, 0.2) is 0 Å². The van der Waals surface area contributed by atoms with Gasteiger partial charge in [-0.2, -0.15) is 0 Å². The number of fused-ring (bicyclic) bond motifs is 3. The van der Waals surface area contributed by atoms with Crippen LogP contribution in [0.1, 0.15) is 5.56 Å². The summed E-state index contributed by atoms with van der Waals surface area (Å²) in [5, 5.41) is 5.16. The van der Waals surface area contributed by atoms with Crippen molar-refractivity contribution < 1.29 is 0 Å². The van der Waals surface area contributed by atoms with Gasteiger partial charge >= 0.3 is 152 Å². The van der Waals surface area contributed by atoms with Crippen molar-refractivity contribution in [1.82, 2.24) is 4.98 Å². The Bertz CT molecular complexity index is 1090. The van der Waals surface area contributed by atoms with Gasteiger partial charge in [0.25, 0.3) is 0 Å². The molecule has 4 aromatic rings. The number of hydrogen-bond acceptors (Lipinski definition) is 1. The predicted octanol–water partition coefficient (Wildman–Crippen LogP) is 5.91. The van der Waals surface area contributed by atoms with E-state index in [1.807, 2.05) is 0 Å². The van der Waals surface area contributed by atoms with E-state index in [2.05, 4.69) is 91.1 Å². The Labute approximate surface area is 152 Å². The minimum absolute atomic E-state index is 1.08. The van der Waals surface area contributed by atoms with Crippen LogP contribution in [0.5, 0.6) is 0 Å². The van der Waals surface area contributed by atoms with Gasteiger partial charge in [0, 0.05) is 0 Å². The molecule has 1 aromatic heterocycles. The summed E-state index contributed by atoms with van der Waals surface area (Å²) in [6, 6.07) is 21.9. The summed E-state index contributed by atoms with van der Waals surface area (Å²) >= 11 is -1.87. The van der Waals surface area contributed by atoms with Gasteiger partial charge < -0.3 is 0 Å². The average molecular weight is 386 g/mol. The first-order valence-electron chi connectivity index (χ1n) is 8.83. The molecular weight excluding hydrogens is 363 g/mol. The fraction of sp³-hybridized carbons (Fsp3) is 0.174. The van der Waals surface area contributed by atoms with Crippen LogP contribution in [0.3, 0.4) is 0 Å². The van der Waals surface area contributed by atoms with Gasteiger partial charge in [0.1, 0.15) is 0 Å². The van der Waals surface area contributed by atoms with Crippen LogP contribution >= 0.6 is 0 Å². The standard InChI is InChI=1S/C23H23GeN/c1-16-14-23(25-15-22(16)24(2,3)4)21-11-7-10-19-18-9-6-5-8-17(18)12-13-20(19)21/h5-15H,1-4H3. The summed E-state index contributed by atoms with van der Waals surface area (Å²) < 4.78 is 1.49. The molecule has 0 fully saturated rings. The van der Waals surface area contributed by atoms with E-state index in [9.17, 15) is 0 Å². The van der Waals surface area contributed by atoms with E-state index in [-0.39, 0.29) is 0 Å². The first kappa shape index (κ1) is 16.3. The fourth-order valence-electron chi connectivity index (χ4n) is 3.75. The fourth-order valence-corrected chi connectivity index (χ4v) is 7.33. The summed E-state index contributed by atoms with van der Waals surface area (Å²) in [5.74, 6) is 7.27. The molecule has 0 N–H and O–H groups in total. The third-order valence-corrected chi connectivity index (χ3v) is 9.47. The first-order chi connectivity index (χ1) is 11.9. The number of aryl methyl sites for hydroxylation is 1. The van der Waals surface area contributed by atoms with Gasteiger partial charge in [0.2, 0.25) is 0 Å². The van der Waals surface area contributed by atoms with Crippen LogP contribution < -0.4 is 4.40 Å². The molecule has 4 rings (SSSR count). The molecule has 0 aliphatic carbocycles. The molecule has 0 bridgehead atoms. The topological polar surface area (TPSA) is 12.9 Å². The van der Waals surface area contributed by atoms with Gasteiger partial charge in [-0.1, -0.05) is 0 Å². The molecule has 0 aliphatic rings. The molecule has 0 unspecified atom stereocenters. The second-order valence-electron chi connectivity index (χ2n) is 7.82. The summed E-state index contributed by atoms with van der Waals surface area (Å²) in [4.78, 5) is 4.85. The Morgan fingerprint density at radius 3 is 2.28 bits per heavy atom. The molecule has 0 saturated heterocycles. The molecule has 0 saturated carbocycles. The van der Waals surface area contributed by atoms with Crippen LogP contribution in [0.2, 0.25) is 17.3 Å². The maximum atomic E-state index is 4.85. The van der Waals surface area contributed by atoms with Crippen molar-refractivity contribution in [3.8, 4) is 11.3 Å². The number of nitrogens with zero attached hydrogens (tertiary/aromatic N) is 1. The van der Waals surface area contributed by atoms with E-state index in [4.69, 9.17) is 4.98 Å². The molecule has 0 spiro atoms. The van der Waals surface area contributed by atoms with Crippen molar-refractivity contribution in [3.05, 3.63) is 72.4 Å². The molecule has 0 atom stereocenters. The predicted molar refractivity (Wildman–Crippen MR) is 112 cm³/mol. The van der Waals surface area contributed by atoms with E-state index in [1.54, 1.807) is 0 Å². The van der Waals surface area contributed by atoms with Crippen molar-refractivity contribution in [3.63, 3.8) is 0 Å². The Kier molecular flexibility index (Phi) is 3.92. The Hall–Kier alpha value is -2.13. The molecule has 124 valence electrons. The van der Waals surface area contributed by atoms with Crippen molar-refractivity contribution in [2.75, 3.05) is 0 Å². The summed E-state index contributed by atoms with van der Waals surface area (Å²) in [6.07, 6.45) is 2.13. The number of hydrogen-bond donors (Lipinski definition) is 0. The second-order valence-corrected chi connectivity index (χ2v) is 18.4. The molecule has 1 nitrogen and oxygen atoms in total. The van der Waals surface area contributed by atoms with E-state index in [0.29, 0.717) is 0 Å². The third-order valence-electron chi connectivity index (χ3n) is 4.98. The summed E-state index contributed by atoms with van der Waals surface area (Å²) in [6.45, 7) is 2.23. The van der Waals surface area contributed by atoms with Gasteiger partial charge in [-0.25, -0.2) is 0 Å². The minimum atomic E-state index is -1.87. The Morgan fingerprint density at radius 1 is 0.760 bits per heavy atom. The zero-order valence-corrected chi connectivity index (χ0v) is 17.4. The van der Waals surface area contributed by atoms with Gasteiger partial charge in [-0.05, 0) is 0 Å². The normalized spacial score (nSPS) is 12.0. The van der Waals surface area contributed by atoms with E-state index in [0.717, 1.165) is 5.69 Å². The molecule has 1 heterocycles. The molecule has 25 heavy (non-hydrogen) atoms. The zero-order chi connectivity index (χ0) is 17.6. The summed E-state index contributed by atoms with van der Waals surface area (Å²) in [7, 11) is 0. The SMILES string of the molecule is Cc1cc(-c2cccc3c2ccc2ccccc23)nc[c]1[Ge]([CH3])([CH3])[CH3]. The molecule has 0 amide bonds. The first-order valence-corrected chi connectivity index (χ1v) is 16.2. The van der Waals surface area contributed by atoms with Gasteiger partial charge in [-0.15, -0.1) is 0 Å². The van der Waals surface area contributed by atoms with Crippen molar-refractivity contribution in [2.24, 2.45) is 0 Å². The molecule has 0 radical (unpaired) electrons.